The maximum absolute atomic E-state index is 13.5. The van der Waals surface area contributed by atoms with Gasteiger partial charge in [-0.25, -0.2) is 0 Å². The van der Waals surface area contributed by atoms with Crippen LogP contribution >= 0.6 is 11.6 Å². The van der Waals surface area contributed by atoms with Crippen molar-refractivity contribution in [2.75, 3.05) is 10.6 Å². The molecule has 3 rings (SSSR count). The number of alkyl halides is 3. The molecular weight excluding hydrogens is 421 g/mol. The van der Waals surface area contributed by atoms with Crippen molar-refractivity contribution < 1.29 is 27.2 Å². The van der Waals surface area contributed by atoms with Crippen molar-refractivity contribution in [1.29, 1.82) is 0 Å². The molecule has 5 nitrogen and oxygen atoms in total. The maximum Gasteiger partial charge on any atom is 0.418 e. The van der Waals surface area contributed by atoms with E-state index >= 15 is 0 Å². The van der Waals surface area contributed by atoms with Gasteiger partial charge in [-0.05, 0) is 54.1 Å². The smallest absolute Gasteiger partial charge is 0.418 e. The quantitative estimate of drug-likeness (QED) is 0.494. The van der Waals surface area contributed by atoms with Gasteiger partial charge in [-0.15, -0.1) is 0 Å². The molecule has 0 fully saturated rings. The summed E-state index contributed by atoms with van der Waals surface area (Å²) in [6, 6.07) is 12.5. The largest absolute Gasteiger partial charge is 0.459 e. The van der Waals surface area contributed by atoms with Gasteiger partial charge in [0.05, 0.1) is 17.5 Å². The van der Waals surface area contributed by atoms with Gasteiger partial charge in [0, 0.05) is 16.8 Å². The third kappa shape index (κ3) is 5.51. The molecule has 2 amide bonds. The second-order valence-electron chi connectivity index (χ2n) is 6.06. The molecule has 3 aromatic rings. The number of benzene rings is 2. The molecule has 0 aliphatic rings. The topological polar surface area (TPSA) is 71.3 Å². The summed E-state index contributed by atoms with van der Waals surface area (Å²) in [5.74, 6) is -1.49. The number of carbonyl (C=O) groups is 2. The van der Waals surface area contributed by atoms with E-state index in [1.54, 1.807) is 24.3 Å². The minimum atomic E-state index is -4.76. The fraction of sp³-hybridized carbons (Fsp3) is 0.0476. The third-order valence-electron chi connectivity index (χ3n) is 3.88. The van der Waals surface area contributed by atoms with Crippen molar-refractivity contribution >= 4 is 40.9 Å². The van der Waals surface area contributed by atoms with Crippen LogP contribution in [0, 0.1) is 0 Å². The predicted octanol–water partition coefficient (Wildman–Crippen LogP) is 5.86. The van der Waals surface area contributed by atoms with E-state index in [0.717, 1.165) is 18.2 Å². The van der Waals surface area contributed by atoms with E-state index in [9.17, 15) is 22.8 Å². The van der Waals surface area contributed by atoms with Crippen molar-refractivity contribution in [3.63, 3.8) is 0 Å². The Labute approximate surface area is 174 Å². The SMILES string of the molecule is O=C(/C=C/c1ccc(Cl)cc1)Nc1ccc(NC(=O)c2ccco2)cc1C(F)(F)F. The number of rotatable bonds is 5. The highest BCUT2D eigenvalue weighted by Crippen LogP contribution is 2.36. The van der Waals surface area contributed by atoms with Gasteiger partial charge in [-0.3, -0.25) is 9.59 Å². The minimum absolute atomic E-state index is 0.0479. The van der Waals surface area contributed by atoms with Crippen LogP contribution in [-0.4, -0.2) is 11.8 Å². The van der Waals surface area contributed by atoms with Gasteiger partial charge in [0.25, 0.3) is 5.91 Å². The van der Waals surface area contributed by atoms with E-state index in [0.29, 0.717) is 10.6 Å². The highest BCUT2D eigenvalue weighted by molar-refractivity contribution is 6.30. The van der Waals surface area contributed by atoms with Crippen LogP contribution in [-0.2, 0) is 11.0 Å². The van der Waals surface area contributed by atoms with Crippen molar-refractivity contribution in [2.24, 2.45) is 0 Å². The molecule has 0 aliphatic heterocycles. The molecule has 9 heteroatoms. The van der Waals surface area contributed by atoms with Gasteiger partial charge in [0.1, 0.15) is 0 Å². The van der Waals surface area contributed by atoms with E-state index in [1.165, 1.54) is 30.5 Å². The zero-order valence-corrected chi connectivity index (χ0v) is 15.9. The lowest BCUT2D eigenvalue weighted by Gasteiger charge is -2.15. The van der Waals surface area contributed by atoms with Crippen LogP contribution < -0.4 is 10.6 Å². The van der Waals surface area contributed by atoms with Gasteiger partial charge >= 0.3 is 6.18 Å². The first-order chi connectivity index (χ1) is 14.2. The lowest BCUT2D eigenvalue weighted by molar-refractivity contribution is -0.136. The average molecular weight is 435 g/mol. The Bertz CT molecular complexity index is 1080. The Morgan fingerprint density at radius 3 is 2.37 bits per heavy atom. The monoisotopic (exact) mass is 434 g/mol. The molecule has 1 heterocycles. The minimum Gasteiger partial charge on any atom is -0.459 e. The van der Waals surface area contributed by atoms with Crippen LogP contribution in [0.5, 0.6) is 0 Å². The van der Waals surface area contributed by atoms with Crippen molar-refractivity contribution in [3.8, 4) is 0 Å². The summed E-state index contributed by atoms with van der Waals surface area (Å²) in [5, 5.41) is 5.04. The number of nitrogens with one attached hydrogen (secondary N) is 2. The Kier molecular flexibility index (Phi) is 6.27. The van der Waals surface area contributed by atoms with Gasteiger partial charge in [0.15, 0.2) is 5.76 Å². The molecule has 0 aliphatic carbocycles. The van der Waals surface area contributed by atoms with Crippen LogP contribution in [0.15, 0.2) is 71.4 Å². The van der Waals surface area contributed by atoms with Gasteiger partial charge in [-0.1, -0.05) is 23.7 Å². The molecule has 30 heavy (non-hydrogen) atoms. The Morgan fingerprint density at radius 2 is 1.73 bits per heavy atom. The zero-order valence-electron chi connectivity index (χ0n) is 15.2. The van der Waals surface area contributed by atoms with Crippen LogP contribution in [0.2, 0.25) is 5.02 Å². The molecule has 0 radical (unpaired) electrons. The number of halogens is 4. The molecule has 0 unspecified atom stereocenters. The number of amides is 2. The van der Waals surface area contributed by atoms with Crippen molar-refractivity contribution in [3.05, 3.63) is 88.8 Å². The standard InChI is InChI=1S/C21H14ClF3N2O3/c22-14-6-3-13(4-7-14)5-10-19(28)27-17-9-8-15(12-16(17)21(23,24)25)26-20(29)18-2-1-11-30-18/h1-12H,(H,26,29)(H,27,28)/b10-5+. The molecule has 154 valence electrons. The molecule has 2 N–H and O–H groups in total. The second-order valence-corrected chi connectivity index (χ2v) is 6.50. The highest BCUT2D eigenvalue weighted by atomic mass is 35.5. The van der Waals surface area contributed by atoms with Gasteiger partial charge in [0.2, 0.25) is 5.91 Å². The number of carbonyl (C=O) groups excluding carboxylic acids is 2. The molecule has 2 aromatic carbocycles. The average Bonchev–Trinajstić information content (AvgIpc) is 3.23. The number of hydrogen-bond acceptors (Lipinski definition) is 3. The van der Waals surface area contributed by atoms with Crippen LogP contribution in [0.3, 0.4) is 0 Å². The molecule has 0 saturated carbocycles. The summed E-state index contributed by atoms with van der Waals surface area (Å²) < 4.78 is 45.3. The lowest BCUT2D eigenvalue weighted by atomic mass is 10.1. The van der Waals surface area contributed by atoms with E-state index in [-0.39, 0.29) is 11.4 Å². The molecule has 0 saturated heterocycles. The van der Waals surface area contributed by atoms with Gasteiger partial charge in [-0.2, -0.15) is 13.2 Å². The number of hydrogen-bond donors (Lipinski definition) is 2. The van der Waals surface area contributed by atoms with E-state index in [2.05, 4.69) is 10.6 Å². The fourth-order valence-electron chi connectivity index (χ4n) is 2.49. The van der Waals surface area contributed by atoms with Crippen LogP contribution in [0.4, 0.5) is 24.5 Å². The zero-order chi connectivity index (χ0) is 21.7. The maximum atomic E-state index is 13.5. The van der Waals surface area contributed by atoms with Crippen LogP contribution in [0.1, 0.15) is 21.7 Å². The van der Waals surface area contributed by atoms with E-state index in [1.807, 2.05) is 0 Å². The summed E-state index contributed by atoms with van der Waals surface area (Å²) in [7, 11) is 0. The van der Waals surface area contributed by atoms with E-state index < -0.39 is 29.2 Å². The number of anilines is 2. The fourth-order valence-corrected chi connectivity index (χ4v) is 2.61. The first-order valence-corrected chi connectivity index (χ1v) is 8.91. The summed E-state index contributed by atoms with van der Waals surface area (Å²) in [6.45, 7) is 0. The summed E-state index contributed by atoms with van der Waals surface area (Å²) in [6.07, 6.45) is -0.937. The normalized spacial score (nSPS) is 11.5. The molecule has 0 atom stereocenters. The predicted molar refractivity (Wildman–Crippen MR) is 107 cm³/mol. The molecule has 0 bridgehead atoms. The first kappa shape index (κ1) is 21.2. The summed E-state index contributed by atoms with van der Waals surface area (Å²) in [5.41, 5.74) is -0.989. The van der Waals surface area contributed by atoms with E-state index in [4.69, 9.17) is 16.0 Å². The molecule has 0 spiro atoms. The molecule has 1 aromatic heterocycles. The first-order valence-electron chi connectivity index (χ1n) is 8.53. The Morgan fingerprint density at radius 1 is 1.00 bits per heavy atom. The Balaban J connectivity index is 1.77. The second kappa shape index (κ2) is 8.87. The van der Waals surface area contributed by atoms with Crippen molar-refractivity contribution in [1.82, 2.24) is 0 Å². The van der Waals surface area contributed by atoms with Crippen molar-refractivity contribution in [2.45, 2.75) is 6.18 Å². The van der Waals surface area contributed by atoms with Gasteiger partial charge < -0.3 is 15.1 Å². The van der Waals surface area contributed by atoms with Crippen LogP contribution in [0.25, 0.3) is 6.08 Å². The number of furan rings is 1. The summed E-state index contributed by atoms with van der Waals surface area (Å²) >= 11 is 5.77. The molecular formula is C21H14ClF3N2O3. The third-order valence-corrected chi connectivity index (χ3v) is 4.13. The highest BCUT2D eigenvalue weighted by Gasteiger charge is 2.34. The lowest BCUT2D eigenvalue weighted by Crippen LogP contribution is -2.16. The summed E-state index contributed by atoms with van der Waals surface area (Å²) in [4.78, 5) is 24.0. The Hall–Kier alpha value is -3.52.